The molecule has 0 spiro atoms. The summed E-state index contributed by atoms with van der Waals surface area (Å²) in [4.78, 5) is 23.8. The number of nitrogens with one attached hydrogen (secondary N) is 2. The van der Waals surface area contributed by atoms with Crippen LogP contribution in [0.15, 0.2) is 72.8 Å². The van der Waals surface area contributed by atoms with Crippen LogP contribution in [0, 0.1) is 0 Å². The molecule has 3 rings (SSSR count). The fraction of sp³-hybridized carbons (Fsp3) is 0.167. The predicted molar refractivity (Wildman–Crippen MR) is 115 cm³/mol. The summed E-state index contributed by atoms with van der Waals surface area (Å²) in [6.45, 7) is 4.04. The molecule has 0 aliphatic heterocycles. The number of benzene rings is 3. The zero-order valence-corrected chi connectivity index (χ0v) is 16.5. The van der Waals surface area contributed by atoms with Gasteiger partial charge in [-0.05, 0) is 46.0 Å². The van der Waals surface area contributed by atoms with Gasteiger partial charge in [-0.25, -0.2) is 0 Å². The summed E-state index contributed by atoms with van der Waals surface area (Å²) in [5, 5.41) is 2.15. The standard InChI is InChI=1S/C24H24N2O3/c1-17(2)18-10-13-21(14-11-18)29-16-24(28)26-25-23(27)15-12-20-8-5-7-19-6-3-4-9-22(19)20/h3-15,17H,16H2,1-2H3,(H,25,27)(H,26,28)/b15-12+. The largest absolute Gasteiger partial charge is 0.484 e. The highest BCUT2D eigenvalue weighted by molar-refractivity contribution is 5.97. The summed E-state index contributed by atoms with van der Waals surface area (Å²) in [6.07, 6.45) is 3.10. The van der Waals surface area contributed by atoms with Crippen LogP contribution in [0.25, 0.3) is 16.8 Å². The fourth-order valence-corrected chi connectivity index (χ4v) is 2.87. The third-order valence-electron chi connectivity index (χ3n) is 4.48. The Morgan fingerprint density at radius 1 is 0.931 bits per heavy atom. The second-order valence-electron chi connectivity index (χ2n) is 6.95. The van der Waals surface area contributed by atoms with Crippen molar-refractivity contribution in [1.82, 2.24) is 10.9 Å². The summed E-state index contributed by atoms with van der Waals surface area (Å²) in [5.41, 5.74) is 6.83. The first kappa shape index (κ1) is 20.1. The minimum absolute atomic E-state index is 0.186. The maximum atomic E-state index is 12.0. The number of hydrogen-bond acceptors (Lipinski definition) is 3. The molecule has 0 fully saturated rings. The first-order valence-electron chi connectivity index (χ1n) is 9.50. The van der Waals surface area contributed by atoms with Crippen LogP contribution < -0.4 is 15.6 Å². The number of ether oxygens (including phenoxy) is 1. The Morgan fingerprint density at radius 2 is 1.66 bits per heavy atom. The van der Waals surface area contributed by atoms with Gasteiger partial charge in [-0.2, -0.15) is 0 Å². The molecule has 0 aliphatic carbocycles. The van der Waals surface area contributed by atoms with Crippen LogP contribution in [0.5, 0.6) is 5.75 Å². The van der Waals surface area contributed by atoms with Crippen molar-refractivity contribution in [2.24, 2.45) is 0 Å². The zero-order chi connectivity index (χ0) is 20.6. The van der Waals surface area contributed by atoms with Crippen molar-refractivity contribution in [1.29, 1.82) is 0 Å². The lowest BCUT2D eigenvalue weighted by molar-refractivity contribution is -0.128. The molecular weight excluding hydrogens is 364 g/mol. The van der Waals surface area contributed by atoms with E-state index < -0.39 is 11.8 Å². The summed E-state index contributed by atoms with van der Waals surface area (Å²) < 4.78 is 5.43. The van der Waals surface area contributed by atoms with Crippen LogP contribution in [0.1, 0.15) is 30.9 Å². The first-order chi connectivity index (χ1) is 14.0. The Hall–Kier alpha value is -3.60. The highest BCUT2D eigenvalue weighted by Crippen LogP contribution is 2.20. The van der Waals surface area contributed by atoms with Gasteiger partial charge in [-0.15, -0.1) is 0 Å². The molecule has 0 saturated heterocycles. The monoisotopic (exact) mass is 388 g/mol. The fourth-order valence-electron chi connectivity index (χ4n) is 2.87. The van der Waals surface area contributed by atoms with Crippen molar-refractivity contribution in [3.05, 3.63) is 83.9 Å². The van der Waals surface area contributed by atoms with Gasteiger partial charge in [0, 0.05) is 6.08 Å². The molecule has 0 radical (unpaired) electrons. The number of rotatable bonds is 6. The molecule has 0 bridgehead atoms. The first-order valence-corrected chi connectivity index (χ1v) is 9.50. The van der Waals surface area contributed by atoms with Crippen molar-refractivity contribution in [3.63, 3.8) is 0 Å². The normalized spacial score (nSPS) is 11.0. The van der Waals surface area contributed by atoms with E-state index in [9.17, 15) is 9.59 Å². The number of fused-ring (bicyclic) bond motifs is 1. The number of amides is 2. The maximum absolute atomic E-state index is 12.0. The van der Waals surface area contributed by atoms with Gasteiger partial charge in [-0.3, -0.25) is 20.4 Å². The molecule has 0 heterocycles. The molecule has 5 heteroatoms. The molecule has 0 aromatic heterocycles. The van der Waals surface area contributed by atoms with Gasteiger partial charge in [0.1, 0.15) is 5.75 Å². The quantitative estimate of drug-likeness (QED) is 0.491. The molecule has 148 valence electrons. The van der Waals surface area contributed by atoms with Gasteiger partial charge in [0.05, 0.1) is 0 Å². The summed E-state index contributed by atoms with van der Waals surface area (Å²) in [6, 6.07) is 21.4. The van der Waals surface area contributed by atoms with E-state index in [4.69, 9.17) is 4.74 Å². The van der Waals surface area contributed by atoms with E-state index in [0.29, 0.717) is 11.7 Å². The van der Waals surface area contributed by atoms with Crippen LogP contribution in [-0.4, -0.2) is 18.4 Å². The number of carbonyl (C=O) groups is 2. The lowest BCUT2D eigenvalue weighted by Gasteiger charge is -2.09. The van der Waals surface area contributed by atoms with Crippen molar-refractivity contribution >= 4 is 28.7 Å². The van der Waals surface area contributed by atoms with Gasteiger partial charge in [0.25, 0.3) is 11.8 Å². The Morgan fingerprint density at radius 3 is 2.41 bits per heavy atom. The Balaban J connectivity index is 1.47. The minimum Gasteiger partial charge on any atom is -0.484 e. The SMILES string of the molecule is CC(C)c1ccc(OCC(=O)NNC(=O)/C=C/c2cccc3ccccc23)cc1. The lowest BCUT2D eigenvalue weighted by atomic mass is 10.0. The molecule has 2 N–H and O–H groups in total. The number of hydrogen-bond donors (Lipinski definition) is 2. The predicted octanol–water partition coefficient (Wildman–Crippen LogP) is 4.20. The Labute approximate surface area is 170 Å². The molecule has 3 aromatic carbocycles. The average molecular weight is 388 g/mol. The number of hydrazine groups is 1. The lowest BCUT2D eigenvalue weighted by Crippen LogP contribution is -2.43. The van der Waals surface area contributed by atoms with Crippen LogP contribution in [0.2, 0.25) is 0 Å². The zero-order valence-electron chi connectivity index (χ0n) is 16.5. The second-order valence-corrected chi connectivity index (χ2v) is 6.95. The van der Waals surface area contributed by atoms with E-state index in [2.05, 4.69) is 24.7 Å². The molecule has 29 heavy (non-hydrogen) atoms. The van der Waals surface area contributed by atoms with Gasteiger partial charge in [0.2, 0.25) is 0 Å². The van der Waals surface area contributed by atoms with E-state index in [1.54, 1.807) is 6.08 Å². The molecule has 3 aromatic rings. The Kier molecular flexibility index (Phi) is 6.63. The maximum Gasteiger partial charge on any atom is 0.276 e. The van der Waals surface area contributed by atoms with E-state index in [1.807, 2.05) is 66.7 Å². The number of carbonyl (C=O) groups excluding carboxylic acids is 2. The van der Waals surface area contributed by atoms with E-state index in [-0.39, 0.29) is 6.61 Å². The molecular formula is C24H24N2O3. The minimum atomic E-state index is -0.440. The highest BCUT2D eigenvalue weighted by atomic mass is 16.5. The smallest absolute Gasteiger partial charge is 0.276 e. The van der Waals surface area contributed by atoms with Gasteiger partial charge < -0.3 is 4.74 Å². The van der Waals surface area contributed by atoms with Crippen molar-refractivity contribution in [2.45, 2.75) is 19.8 Å². The van der Waals surface area contributed by atoms with Gasteiger partial charge in [-0.1, -0.05) is 68.4 Å². The van der Waals surface area contributed by atoms with E-state index in [0.717, 1.165) is 16.3 Å². The summed E-state index contributed by atoms with van der Waals surface area (Å²) in [7, 11) is 0. The Bertz CT molecular complexity index is 1020. The molecule has 0 aliphatic rings. The molecule has 2 amide bonds. The second kappa shape index (κ2) is 9.55. The van der Waals surface area contributed by atoms with Crippen molar-refractivity contribution in [3.8, 4) is 5.75 Å². The highest BCUT2D eigenvalue weighted by Gasteiger charge is 2.05. The van der Waals surface area contributed by atoms with Crippen LogP contribution in [-0.2, 0) is 9.59 Å². The van der Waals surface area contributed by atoms with Gasteiger partial charge in [0.15, 0.2) is 6.61 Å². The summed E-state index contributed by atoms with van der Waals surface area (Å²) >= 11 is 0. The van der Waals surface area contributed by atoms with E-state index >= 15 is 0 Å². The van der Waals surface area contributed by atoms with Crippen molar-refractivity contribution in [2.75, 3.05) is 6.61 Å². The van der Waals surface area contributed by atoms with Crippen LogP contribution in [0.3, 0.4) is 0 Å². The summed E-state index contributed by atoms with van der Waals surface area (Å²) in [5.74, 6) is 0.175. The molecule has 5 nitrogen and oxygen atoms in total. The average Bonchev–Trinajstić information content (AvgIpc) is 2.75. The third kappa shape index (κ3) is 5.69. The topological polar surface area (TPSA) is 67.4 Å². The molecule has 0 unspecified atom stereocenters. The van der Waals surface area contributed by atoms with E-state index in [1.165, 1.54) is 11.6 Å². The van der Waals surface area contributed by atoms with Crippen LogP contribution in [0.4, 0.5) is 0 Å². The third-order valence-corrected chi connectivity index (χ3v) is 4.48. The molecule has 0 saturated carbocycles. The van der Waals surface area contributed by atoms with Crippen LogP contribution >= 0.6 is 0 Å². The molecule has 0 atom stereocenters. The van der Waals surface area contributed by atoms with Crippen molar-refractivity contribution < 1.29 is 14.3 Å². The van der Waals surface area contributed by atoms with Gasteiger partial charge >= 0.3 is 0 Å².